The van der Waals surface area contributed by atoms with Gasteiger partial charge in [-0.05, 0) is 111 Å². The Morgan fingerprint density at radius 1 is 0.778 bits per heavy atom. The largest absolute Gasteiger partial charge is 0.462 e. The first-order valence-electron chi connectivity index (χ1n) is 12.1. The predicted molar refractivity (Wildman–Crippen MR) is 106 cm³/mol. The zero-order chi connectivity index (χ0) is 18.6. The molecule has 2 nitrogen and oxygen atoms in total. The maximum absolute atomic E-state index is 11.7. The Labute approximate surface area is 165 Å². The van der Waals surface area contributed by atoms with E-state index in [1.54, 1.807) is 26.2 Å². The molecular formula is C25H38O2. The minimum atomic E-state index is -0.0704. The highest BCUT2D eigenvalue weighted by atomic mass is 16.5. The minimum Gasteiger partial charge on any atom is -0.462 e. The third-order valence-corrected chi connectivity index (χ3v) is 11.8. The van der Waals surface area contributed by atoms with Crippen LogP contribution in [0.3, 0.4) is 0 Å². The van der Waals surface area contributed by atoms with E-state index < -0.39 is 0 Å². The van der Waals surface area contributed by atoms with E-state index in [9.17, 15) is 4.79 Å². The van der Waals surface area contributed by atoms with E-state index in [1.165, 1.54) is 44.9 Å². The van der Waals surface area contributed by atoms with Gasteiger partial charge in [-0.2, -0.15) is 0 Å². The lowest BCUT2D eigenvalue weighted by atomic mass is 9.34. The standard InChI is InChI=1S/C25H38O2/c1-15(26)27-22-8-7-18-17-9-14-25-20-6-4-5-16(20)21(25)11-13-24(25,3)19(17)10-12-23(18,22)2/h16-22H,4-14H2,1-3H3/t16-,17+,18+,19+,20+,21-,22+,23+,24-,25+/m1/s1. The summed E-state index contributed by atoms with van der Waals surface area (Å²) in [6, 6.07) is 0. The molecule has 0 aromatic rings. The van der Waals surface area contributed by atoms with Crippen molar-refractivity contribution in [3.05, 3.63) is 0 Å². The molecule has 2 heteroatoms. The quantitative estimate of drug-likeness (QED) is 0.530. The second kappa shape index (κ2) is 5.33. The smallest absolute Gasteiger partial charge is 0.302 e. The van der Waals surface area contributed by atoms with Crippen molar-refractivity contribution in [2.45, 2.75) is 97.5 Å². The molecule has 0 amide bonds. The molecule has 10 atom stereocenters. The SMILES string of the molecule is CC(=O)O[C@H]1CC[C@H]2[C@@H]3CC[C@]45[C@H](CC[C@]4(C)[C@H]3CC[C@]12C)[C@@H]1CCC[C@@H]15. The van der Waals surface area contributed by atoms with E-state index in [2.05, 4.69) is 13.8 Å². The molecule has 6 aliphatic carbocycles. The van der Waals surface area contributed by atoms with E-state index >= 15 is 0 Å². The van der Waals surface area contributed by atoms with E-state index in [0.717, 1.165) is 47.3 Å². The molecule has 0 aromatic heterocycles. The zero-order valence-corrected chi connectivity index (χ0v) is 17.6. The van der Waals surface area contributed by atoms with Gasteiger partial charge in [-0.15, -0.1) is 0 Å². The predicted octanol–water partition coefficient (Wildman–Crippen LogP) is 5.99. The Balaban J connectivity index is 1.32. The molecule has 0 saturated heterocycles. The Kier molecular flexibility index (Phi) is 3.43. The van der Waals surface area contributed by atoms with Gasteiger partial charge in [0.05, 0.1) is 0 Å². The summed E-state index contributed by atoms with van der Waals surface area (Å²) in [5, 5.41) is 0. The summed E-state index contributed by atoms with van der Waals surface area (Å²) in [6.45, 7) is 6.82. The number of carbonyl (C=O) groups is 1. The molecule has 27 heavy (non-hydrogen) atoms. The van der Waals surface area contributed by atoms with Crippen LogP contribution in [0.5, 0.6) is 0 Å². The fourth-order valence-electron chi connectivity index (χ4n) is 11.1. The van der Waals surface area contributed by atoms with Crippen LogP contribution in [0.25, 0.3) is 0 Å². The second-order valence-electron chi connectivity index (χ2n) is 11.9. The van der Waals surface area contributed by atoms with Gasteiger partial charge in [0.15, 0.2) is 0 Å². The first-order valence-corrected chi connectivity index (χ1v) is 12.1. The topological polar surface area (TPSA) is 26.3 Å². The van der Waals surface area contributed by atoms with Crippen LogP contribution in [0.1, 0.15) is 91.4 Å². The molecule has 1 spiro atoms. The molecule has 0 bridgehead atoms. The van der Waals surface area contributed by atoms with Gasteiger partial charge in [0.1, 0.15) is 6.10 Å². The van der Waals surface area contributed by atoms with Crippen molar-refractivity contribution in [3.8, 4) is 0 Å². The van der Waals surface area contributed by atoms with Crippen molar-refractivity contribution in [2.75, 3.05) is 0 Å². The molecule has 6 fully saturated rings. The van der Waals surface area contributed by atoms with Crippen molar-refractivity contribution in [1.29, 1.82) is 0 Å². The first-order chi connectivity index (χ1) is 12.9. The number of fused-ring (bicyclic) bond motifs is 6. The highest BCUT2D eigenvalue weighted by Crippen LogP contribution is 2.82. The summed E-state index contributed by atoms with van der Waals surface area (Å²) >= 11 is 0. The molecule has 6 saturated carbocycles. The summed E-state index contributed by atoms with van der Waals surface area (Å²) in [4.78, 5) is 11.7. The fraction of sp³-hybridized carbons (Fsp3) is 0.960. The lowest BCUT2D eigenvalue weighted by Gasteiger charge is -2.70. The van der Waals surface area contributed by atoms with Crippen molar-refractivity contribution in [3.63, 3.8) is 0 Å². The Hall–Kier alpha value is -0.530. The van der Waals surface area contributed by atoms with Crippen LogP contribution in [0.4, 0.5) is 0 Å². The van der Waals surface area contributed by atoms with Gasteiger partial charge in [0.25, 0.3) is 0 Å². The molecule has 0 aliphatic heterocycles. The minimum absolute atomic E-state index is 0.0704. The number of rotatable bonds is 1. The van der Waals surface area contributed by atoms with Crippen molar-refractivity contribution in [2.24, 2.45) is 51.8 Å². The number of carbonyl (C=O) groups excluding carboxylic acids is 1. The monoisotopic (exact) mass is 370 g/mol. The zero-order valence-electron chi connectivity index (χ0n) is 17.6. The lowest BCUT2D eigenvalue weighted by molar-refractivity contribution is -0.225. The fourth-order valence-corrected chi connectivity index (χ4v) is 11.1. The molecule has 150 valence electrons. The lowest BCUT2D eigenvalue weighted by Crippen LogP contribution is -2.64. The maximum atomic E-state index is 11.7. The van der Waals surface area contributed by atoms with Crippen LogP contribution in [-0.4, -0.2) is 12.1 Å². The second-order valence-corrected chi connectivity index (χ2v) is 11.9. The van der Waals surface area contributed by atoms with Crippen LogP contribution >= 0.6 is 0 Å². The molecule has 6 rings (SSSR count). The van der Waals surface area contributed by atoms with Crippen LogP contribution in [-0.2, 0) is 9.53 Å². The van der Waals surface area contributed by atoms with Crippen molar-refractivity contribution >= 4 is 5.97 Å². The Bertz CT molecular complexity index is 663. The molecule has 0 unspecified atom stereocenters. The summed E-state index contributed by atoms with van der Waals surface area (Å²) in [6.07, 6.45) is 16.0. The van der Waals surface area contributed by atoms with Crippen molar-refractivity contribution in [1.82, 2.24) is 0 Å². The average Bonchev–Trinajstić information content (AvgIpc) is 3.24. The molecule has 0 radical (unpaired) electrons. The molecule has 0 heterocycles. The molecule has 6 aliphatic rings. The van der Waals surface area contributed by atoms with Crippen LogP contribution < -0.4 is 0 Å². The van der Waals surface area contributed by atoms with Gasteiger partial charge in [0.2, 0.25) is 0 Å². The average molecular weight is 371 g/mol. The highest BCUT2D eigenvalue weighted by Gasteiger charge is 2.76. The summed E-state index contributed by atoms with van der Waals surface area (Å²) in [5.74, 6) is 5.86. The van der Waals surface area contributed by atoms with E-state index in [1.807, 2.05) is 0 Å². The normalized spacial score (nSPS) is 60.5. The van der Waals surface area contributed by atoms with Crippen molar-refractivity contribution < 1.29 is 9.53 Å². The number of ether oxygens (including phenoxy) is 1. The summed E-state index contributed by atoms with van der Waals surface area (Å²) in [7, 11) is 0. The number of esters is 1. The van der Waals surface area contributed by atoms with Gasteiger partial charge >= 0.3 is 5.97 Å². The van der Waals surface area contributed by atoms with Gasteiger partial charge in [-0.1, -0.05) is 20.3 Å². The third-order valence-electron chi connectivity index (χ3n) is 11.8. The third kappa shape index (κ3) is 1.83. The van der Waals surface area contributed by atoms with Gasteiger partial charge in [-0.3, -0.25) is 4.79 Å². The van der Waals surface area contributed by atoms with E-state index in [0.29, 0.717) is 5.41 Å². The van der Waals surface area contributed by atoms with Crippen LogP contribution in [0.15, 0.2) is 0 Å². The maximum Gasteiger partial charge on any atom is 0.302 e. The molecule has 0 N–H and O–H groups in total. The van der Waals surface area contributed by atoms with Gasteiger partial charge in [0, 0.05) is 12.3 Å². The van der Waals surface area contributed by atoms with Crippen LogP contribution in [0, 0.1) is 51.8 Å². The Morgan fingerprint density at radius 2 is 1.52 bits per heavy atom. The molecular weight excluding hydrogens is 332 g/mol. The van der Waals surface area contributed by atoms with Gasteiger partial charge in [-0.25, -0.2) is 0 Å². The summed E-state index contributed by atoms with van der Waals surface area (Å²) in [5.41, 5.74) is 1.60. The summed E-state index contributed by atoms with van der Waals surface area (Å²) < 4.78 is 5.84. The van der Waals surface area contributed by atoms with Crippen LogP contribution in [0.2, 0.25) is 0 Å². The van der Waals surface area contributed by atoms with Gasteiger partial charge < -0.3 is 4.74 Å². The Morgan fingerprint density at radius 3 is 2.33 bits per heavy atom. The number of hydrogen-bond acceptors (Lipinski definition) is 2. The first kappa shape index (κ1) is 17.3. The highest BCUT2D eigenvalue weighted by molar-refractivity contribution is 5.66. The van der Waals surface area contributed by atoms with E-state index in [-0.39, 0.29) is 17.5 Å². The number of hydrogen-bond donors (Lipinski definition) is 0. The molecule has 0 aromatic carbocycles. The van der Waals surface area contributed by atoms with E-state index in [4.69, 9.17) is 4.74 Å².